The van der Waals surface area contributed by atoms with Crippen molar-refractivity contribution in [1.82, 2.24) is 15.0 Å². The van der Waals surface area contributed by atoms with E-state index in [0.29, 0.717) is 35.0 Å². The van der Waals surface area contributed by atoms with Gasteiger partial charge in [0.25, 0.3) is 5.91 Å². The molecule has 0 bridgehead atoms. The molecule has 0 aliphatic rings. The molecule has 0 radical (unpaired) electrons. The maximum Gasteiger partial charge on any atom is 0.258 e. The molecular formula is C28H22FN5O2. The number of anilines is 1. The van der Waals surface area contributed by atoms with Crippen molar-refractivity contribution in [2.75, 3.05) is 11.4 Å². The van der Waals surface area contributed by atoms with Gasteiger partial charge in [0, 0.05) is 40.5 Å². The van der Waals surface area contributed by atoms with Crippen LogP contribution in [0.4, 0.5) is 10.1 Å². The van der Waals surface area contributed by atoms with Crippen molar-refractivity contribution in [3.8, 4) is 22.8 Å². The molecule has 2 amide bonds. The minimum absolute atomic E-state index is 0.186. The number of carbonyl (C=O) groups excluding carboxylic acids is 2. The number of hydrogen-bond acceptors (Lipinski definition) is 4. The van der Waals surface area contributed by atoms with Crippen molar-refractivity contribution >= 4 is 28.3 Å². The number of rotatable bonds is 6. The lowest BCUT2D eigenvalue weighted by molar-refractivity contribution is 0.0988. The van der Waals surface area contributed by atoms with Gasteiger partial charge in [-0.2, -0.15) is 0 Å². The summed E-state index contributed by atoms with van der Waals surface area (Å²) < 4.78 is 13.4. The van der Waals surface area contributed by atoms with Gasteiger partial charge in [0.15, 0.2) is 5.82 Å². The molecule has 0 aliphatic heterocycles. The zero-order valence-electron chi connectivity index (χ0n) is 19.4. The molecule has 178 valence electrons. The number of benzene rings is 3. The molecule has 2 aromatic heterocycles. The van der Waals surface area contributed by atoms with Crippen molar-refractivity contribution < 1.29 is 14.0 Å². The van der Waals surface area contributed by atoms with E-state index in [0.717, 1.165) is 10.8 Å². The molecule has 8 heteroatoms. The minimum atomic E-state index is -0.660. The summed E-state index contributed by atoms with van der Waals surface area (Å²) >= 11 is 0. The monoisotopic (exact) mass is 479 g/mol. The quantitative estimate of drug-likeness (QED) is 0.349. The average molecular weight is 480 g/mol. The minimum Gasteiger partial charge on any atom is -0.366 e. The van der Waals surface area contributed by atoms with Crippen LogP contribution in [0.2, 0.25) is 0 Å². The Kier molecular flexibility index (Phi) is 6.00. The molecule has 3 N–H and O–H groups in total. The van der Waals surface area contributed by atoms with Crippen LogP contribution in [0, 0.1) is 5.82 Å². The van der Waals surface area contributed by atoms with Crippen LogP contribution in [0.1, 0.15) is 27.6 Å². The highest BCUT2D eigenvalue weighted by molar-refractivity contribution is 6.08. The molecule has 5 aromatic rings. The number of hydrogen-bond donors (Lipinski definition) is 2. The summed E-state index contributed by atoms with van der Waals surface area (Å²) in [7, 11) is 0. The largest absolute Gasteiger partial charge is 0.366 e. The number of amides is 2. The van der Waals surface area contributed by atoms with Gasteiger partial charge >= 0.3 is 0 Å². The Balaban J connectivity index is 1.52. The summed E-state index contributed by atoms with van der Waals surface area (Å²) in [5.41, 5.74) is 8.41. The summed E-state index contributed by atoms with van der Waals surface area (Å²) in [5.74, 6) is -0.845. The zero-order valence-corrected chi connectivity index (χ0v) is 19.4. The summed E-state index contributed by atoms with van der Waals surface area (Å²) in [4.78, 5) is 39.2. The van der Waals surface area contributed by atoms with Crippen molar-refractivity contribution in [2.45, 2.75) is 6.92 Å². The van der Waals surface area contributed by atoms with E-state index in [2.05, 4.69) is 15.0 Å². The number of H-pyrrole nitrogens is 1. The van der Waals surface area contributed by atoms with Crippen LogP contribution < -0.4 is 10.6 Å². The lowest BCUT2D eigenvalue weighted by atomic mass is 10.0. The maximum atomic E-state index is 13.4. The second-order valence-electron chi connectivity index (χ2n) is 8.25. The van der Waals surface area contributed by atoms with Crippen molar-refractivity contribution in [2.24, 2.45) is 5.73 Å². The van der Waals surface area contributed by atoms with Gasteiger partial charge in [0.2, 0.25) is 5.91 Å². The van der Waals surface area contributed by atoms with Gasteiger partial charge in [-0.15, -0.1) is 0 Å². The van der Waals surface area contributed by atoms with Gasteiger partial charge in [-0.1, -0.05) is 24.3 Å². The smallest absolute Gasteiger partial charge is 0.258 e. The summed E-state index contributed by atoms with van der Waals surface area (Å²) in [6, 6.07) is 20.2. The molecule has 3 aromatic carbocycles. The standard InChI is InChI=1S/C28H22FN5O2/c1-2-34(23-9-7-22(29)8-10-23)28(36)21-12-19(11-20(13-21)26(30)35)25-16-32-27(33-25)24-14-17-5-3-4-6-18(17)15-31-24/h3-16H,2H2,1H3,(H2,30,35)(H,32,33). The highest BCUT2D eigenvalue weighted by Gasteiger charge is 2.20. The summed E-state index contributed by atoms with van der Waals surface area (Å²) in [6.07, 6.45) is 3.41. The molecule has 2 heterocycles. The van der Waals surface area contributed by atoms with Crippen LogP contribution in [-0.2, 0) is 0 Å². The molecular weight excluding hydrogens is 457 g/mol. The van der Waals surface area contributed by atoms with E-state index >= 15 is 0 Å². The Morgan fingerprint density at radius 3 is 2.36 bits per heavy atom. The van der Waals surface area contributed by atoms with Crippen LogP contribution in [0.15, 0.2) is 85.2 Å². The SMILES string of the molecule is CCN(C(=O)c1cc(C(N)=O)cc(-c2cnc(-c3cc4ccccc4cn3)[nH]2)c1)c1ccc(F)cc1. The highest BCUT2D eigenvalue weighted by atomic mass is 19.1. The molecule has 0 atom stereocenters. The Hall–Kier alpha value is -4.85. The summed E-state index contributed by atoms with van der Waals surface area (Å²) in [6.45, 7) is 2.17. The normalized spacial score (nSPS) is 10.9. The van der Waals surface area contributed by atoms with Crippen LogP contribution in [0.25, 0.3) is 33.5 Å². The van der Waals surface area contributed by atoms with Gasteiger partial charge < -0.3 is 15.6 Å². The van der Waals surface area contributed by atoms with Gasteiger partial charge in [0.05, 0.1) is 11.9 Å². The first-order chi connectivity index (χ1) is 17.4. The van der Waals surface area contributed by atoms with Crippen molar-refractivity contribution in [3.05, 3.63) is 102 Å². The van der Waals surface area contributed by atoms with E-state index in [9.17, 15) is 14.0 Å². The number of primary amides is 1. The number of aromatic nitrogens is 3. The second kappa shape index (κ2) is 9.42. The molecule has 0 unspecified atom stereocenters. The zero-order chi connectivity index (χ0) is 25.2. The number of imidazole rings is 1. The number of nitrogens with zero attached hydrogens (tertiary/aromatic N) is 3. The average Bonchev–Trinajstić information content (AvgIpc) is 3.40. The van der Waals surface area contributed by atoms with E-state index in [-0.39, 0.29) is 17.0 Å². The predicted molar refractivity (Wildman–Crippen MR) is 137 cm³/mol. The Bertz CT molecular complexity index is 1590. The van der Waals surface area contributed by atoms with Crippen molar-refractivity contribution in [1.29, 1.82) is 0 Å². The third-order valence-electron chi connectivity index (χ3n) is 5.92. The van der Waals surface area contributed by atoms with Gasteiger partial charge in [0.1, 0.15) is 11.5 Å². The van der Waals surface area contributed by atoms with Crippen LogP contribution in [0.5, 0.6) is 0 Å². The topological polar surface area (TPSA) is 105 Å². The first-order valence-electron chi connectivity index (χ1n) is 11.4. The fourth-order valence-corrected chi connectivity index (χ4v) is 4.08. The molecule has 0 saturated carbocycles. The number of fused-ring (bicyclic) bond motifs is 1. The van der Waals surface area contributed by atoms with Gasteiger partial charge in [-0.25, -0.2) is 9.37 Å². The van der Waals surface area contributed by atoms with Gasteiger partial charge in [-0.3, -0.25) is 14.6 Å². The number of nitrogens with two attached hydrogens (primary N) is 1. The Morgan fingerprint density at radius 2 is 1.64 bits per heavy atom. The fraction of sp³-hybridized carbons (Fsp3) is 0.0714. The number of halogens is 1. The highest BCUT2D eigenvalue weighted by Crippen LogP contribution is 2.27. The van der Waals surface area contributed by atoms with Crippen LogP contribution in [-0.4, -0.2) is 33.3 Å². The number of nitrogens with one attached hydrogen (secondary N) is 1. The van der Waals surface area contributed by atoms with E-state index in [1.54, 1.807) is 24.5 Å². The van der Waals surface area contributed by atoms with Gasteiger partial charge in [-0.05, 0) is 60.8 Å². The number of carbonyl (C=O) groups is 2. The first kappa shape index (κ1) is 22.9. The lowest BCUT2D eigenvalue weighted by Gasteiger charge is -2.21. The first-order valence-corrected chi connectivity index (χ1v) is 11.4. The van der Waals surface area contributed by atoms with E-state index in [1.807, 2.05) is 37.3 Å². The van der Waals surface area contributed by atoms with E-state index in [4.69, 9.17) is 5.73 Å². The molecule has 7 nitrogen and oxygen atoms in total. The summed E-state index contributed by atoms with van der Waals surface area (Å²) in [5, 5.41) is 2.05. The molecule has 0 spiro atoms. The van der Waals surface area contributed by atoms with E-state index < -0.39 is 11.7 Å². The maximum absolute atomic E-state index is 13.4. The molecule has 0 aliphatic carbocycles. The molecule has 0 fully saturated rings. The van der Waals surface area contributed by atoms with Crippen LogP contribution in [0.3, 0.4) is 0 Å². The second-order valence-corrected chi connectivity index (χ2v) is 8.25. The Morgan fingerprint density at radius 1 is 0.917 bits per heavy atom. The number of aromatic amines is 1. The lowest BCUT2D eigenvalue weighted by Crippen LogP contribution is -2.31. The number of pyridine rings is 1. The van der Waals surface area contributed by atoms with E-state index in [1.165, 1.54) is 35.2 Å². The predicted octanol–water partition coefficient (Wildman–Crippen LogP) is 5.20. The van der Waals surface area contributed by atoms with Crippen LogP contribution >= 0.6 is 0 Å². The van der Waals surface area contributed by atoms with Crippen molar-refractivity contribution in [3.63, 3.8) is 0 Å². The fourth-order valence-electron chi connectivity index (χ4n) is 4.08. The molecule has 0 saturated heterocycles. The third-order valence-corrected chi connectivity index (χ3v) is 5.92. The third kappa shape index (κ3) is 4.44. The molecule has 36 heavy (non-hydrogen) atoms. The Labute approximate surface area is 206 Å². The molecule has 5 rings (SSSR count).